The standard InChI is InChI=1S/C15H13N3O3/c1-20-9-12(19)8-14-17-15(18-21-14)11-4-5-13-10(7-11)3-2-6-16-13/h2-7H,8-9H2,1H3. The van der Waals surface area contributed by atoms with Crippen LogP contribution in [0.3, 0.4) is 0 Å². The van der Waals surface area contributed by atoms with Gasteiger partial charge in [-0.3, -0.25) is 9.78 Å². The molecule has 0 aliphatic rings. The molecule has 0 saturated carbocycles. The van der Waals surface area contributed by atoms with Crippen LogP contribution in [0.2, 0.25) is 0 Å². The number of benzene rings is 1. The van der Waals surface area contributed by atoms with Crippen LogP contribution in [0, 0.1) is 0 Å². The zero-order chi connectivity index (χ0) is 14.7. The van der Waals surface area contributed by atoms with Gasteiger partial charge in [-0.25, -0.2) is 0 Å². The van der Waals surface area contributed by atoms with E-state index in [0.29, 0.717) is 11.7 Å². The van der Waals surface area contributed by atoms with Gasteiger partial charge in [-0.1, -0.05) is 11.2 Å². The molecule has 0 bridgehead atoms. The highest BCUT2D eigenvalue weighted by Crippen LogP contribution is 2.21. The number of rotatable bonds is 5. The number of hydrogen-bond acceptors (Lipinski definition) is 6. The van der Waals surface area contributed by atoms with Crippen LogP contribution in [0.15, 0.2) is 41.1 Å². The van der Waals surface area contributed by atoms with E-state index < -0.39 is 0 Å². The SMILES string of the molecule is COCC(=O)Cc1nc(-c2ccc3ncccc3c2)no1. The average Bonchev–Trinajstić information content (AvgIpc) is 2.95. The Morgan fingerprint density at radius 2 is 2.24 bits per heavy atom. The third-order valence-electron chi connectivity index (χ3n) is 2.98. The van der Waals surface area contributed by atoms with Crippen LogP contribution in [0.25, 0.3) is 22.3 Å². The van der Waals surface area contributed by atoms with Crippen LogP contribution in [-0.2, 0) is 16.0 Å². The molecule has 0 N–H and O–H groups in total. The molecule has 6 nitrogen and oxygen atoms in total. The second kappa shape index (κ2) is 5.80. The molecule has 0 spiro atoms. The van der Waals surface area contributed by atoms with E-state index in [9.17, 15) is 4.79 Å². The minimum absolute atomic E-state index is 0.0410. The maximum atomic E-state index is 11.5. The summed E-state index contributed by atoms with van der Waals surface area (Å²) in [6.07, 6.45) is 1.83. The number of ketones is 1. The van der Waals surface area contributed by atoms with E-state index in [1.54, 1.807) is 6.20 Å². The molecule has 21 heavy (non-hydrogen) atoms. The summed E-state index contributed by atoms with van der Waals surface area (Å²) in [5.41, 5.74) is 1.73. The minimum Gasteiger partial charge on any atom is -0.377 e. The van der Waals surface area contributed by atoms with Crippen molar-refractivity contribution in [2.24, 2.45) is 0 Å². The number of carbonyl (C=O) groups excluding carboxylic acids is 1. The van der Waals surface area contributed by atoms with Crippen LogP contribution in [0.1, 0.15) is 5.89 Å². The van der Waals surface area contributed by atoms with E-state index in [1.807, 2.05) is 30.3 Å². The molecule has 0 fully saturated rings. The Labute approximate surface area is 120 Å². The van der Waals surface area contributed by atoms with E-state index in [2.05, 4.69) is 15.1 Å². The van der Waals surface area contributed by atoms with Gasteiger partial charge >= 0.3 is 0 Å². The molecular formula is C15H13N3O3. The summed E-state index contributed by atoms with van der Waals surface area (Å²) in [6, 6.07) is 9.55. The summed E-state index contributed by atoms with van der Waals surface area (Å²) in [5.74, 6) is 0.648. The number of nitrogens with zero attached hydrogens (tertiary/aromatic N) is 3. The normalized spacial score (nSPS) is 10.9. The molecule has 106 valence electrons. The van der Waals surface area contributed by atoms with Crippen molar-refractivity contribution in [1.29, 1.82) is 0 Å². The lowest BCUT2D eigenvalue weighted by Gasteiger charge is -1.98. The van der Waals surface area contributed by atoms with Crippen molar-refractivity contribution in [3.8, 4) is 11.4 Å². The molecule has 6 heteroatoms. The molecule has 1 aromatic carbocycles. The molecule has 0 radical (unpaired) electrons. The minimum atomic E-state index is -0.101. The number of aromatic nitrogens is 3. The zero-order valence-corrected chi connectivity index (χ0v) is 11.4. The summed E-state index contributed by atoms with van der Waals surface area (Å²) >= 11 is 0. The number of ether oxygens (including phenoxy) is 1. The van der Waals surface area contributed by atoms with Gasteiger partial charge in [-0.2, -0.15) is 4.98 Å². The van der Waals surface area contributed by atoms with Crippen LogP contribution in [0.4, 0.5) is 0 Å². The predicted molar refractivity (Wildman–Crippen MR) is 75.6 cm³/mol. The van der Waals surface area contributed by atoms with Gasteiger partial charge in [0.1, 0.15) is 6.61 Å². The Balaban J connectivity index is 1.85. The Kier molecular flexibility index (Phi) is 3.70. The number of fused-ring (bicyclic) bond motifs is 1. The van der Waals surface area contributed by atoms with Crippen LogP contribution < -0.4 is 0 Å². The number of carbonyl (C=O) groups is 1. The first-order valence-electron chi connectivity index (χ1n) is 6.44. The van der Waals surface area contributed by atoms with Crippen molar-refractivity contribution in [2.75, 3.05) is 13.7 Å². The number of Topliss-reactive ketones (excluding diaryl/α,β-unsaturated/α-hetero) is 1. The zero-order valence-electron chi connectivity index (χ0n) is 11.4. The lowest BCUT2D eigenvalue weighted by atomic mass is 10.1. The molecule has 0 aliphatic heterocycles. The Bertz CT molecular complexity index is 782. The summed E-state index contributed by atoms with van der Waals surface area (Å²) in [7, 11) is 1.47. The van der Waals surface area contributed by atoms with Crippen molar-refractivity contribution in [2.45, 2.75) is 6.42 Å². The first-order valence-corrected chi connectivity index (χ1v) is 6.44. The second-order valence-electron chi connectivity index (χ2n) is 4.57. The van der Waals surface area contributed by atoms with Gasteiger partial charge in [-0.05, 0) is 24.3 Å². The molecule has 0 saturated heterocycles. The van der Waals surface area contributed by atoms with Crippen molar-refractivity contribution in [3.05, 3.63) is 42.4 Å². The highest BCUT2D eigenvalue weighted by Gasteiger charge is 2.12. The highest BCUT2D eigenvalue weighted by atomic mass is 16.5. The summed E-state index contributed by atoms with van der Waals surface area (Å²) in [4.78, 5) is 20.0. The number of pyridine rings is 1. The number of methoxy groups -OCH3 is 1. The second-order valence-corrected chi connectivity index (χ2v) is 4.57. The third-order valence-corrected chi connectivity index (χ3v) is 2.98. The largest absolute Gasteiger partial charge is 0.377 e. The molecule has 3 aromatic rings. The summed E-state index contributed by atoms with van der Waals surface area (Å²) < 4.78 is 9.86. The van der Waals surface area contributed by atoms with E-state index in [-0.39, 0.29) is 18.8 Å². The van der Waals surface area contributed by atoms with Crippen molar-refractivity contribution in [3.63, 3.8) is 0 Å². The Morgan fingerprint density at radius 3 is 3.10 bits per heavy atom. The van der Waals surface area contributed by atoms with Gasteiger partial charge in [0.15, 0.2) is 5.78 Å². The van der Waals surface area contributed by atoms with Gasteiger partial charge < -0.3 is 9.26 Å². The Morgan fingerprint density at radius 1 is 1.33 bits per heavy atom. The maximum Gasteiger partial charge on any atom is 0.234 e. The lowest BCUT2D eigenvalue weighted by molar-refractivity contribution is -0.122. The van der Waals surface area contributed by atoms with Crippen LogP contribution >= 0.6 is 0 Å². The molecule has 2 aromatic heterocycles. The molecule has 0 unspecified atom stereocenters. The third kappa shape index (κ3) is 2.95. The van der Waals surface area contributed by atoms with Gasteiger partial charge in [0, 0.05) is 24.3 Å². The fraction of sp³-hybridized carbons (Fsp3) is 0.200. The molecular weight excluding hydrogens is 270 g/mol. The monoisotopic (exact) mass is 283 g/mol. The first kappa shape index (κ1) is 13.4. The van der Waals surface area contributed by atoms with Gasteiger partial charge in [0.25, 0.3) is 0 Å². The number of hydrogen-bond donors (Lipinski definition) is 0. The maximum absolute atomic E-state index is 11.5. The van der Waals surface area contributed by atoms with Gasteiger partial charge in [-0.15, -0.1) is 0 Å². The van der Waals surface area contributed by atoms with E-state index in [4.69, 9.17) is 9.26 Å². The fourth-order valence-electron chi connectivity index (χ4n) is 2.04. The average molecular weight is 283 g/mol. The van der Waals surface area contributed by atoms with Crippen molar-refractivity contribution in [1.82, 2.24) is 15.1 Å². The molecule has 2 heterocycles. The van der Waals surface area contributed by atoms with Crippen molar-refractivity contribution < 1.29 is 14.1 Å². The molecule has 3 rings (SSSR count). The van der Waals surface area contributed by atoms with E-state index in [1.165, 1.54) is 7.11 Å². The predicted octanol–water partition coefficient (Wildman–Crippen LogP) is 2.04. The quantitative estimate of drug-likeness (QED) is 0.713. The summed E-state index contributed by atoms with van der Waals surface area (Å²) in [6.45, 7) is 0.0410. The summed E-state index contributed by atoms with van der Waals surface area (Å²) in [5, 5.41) is 4.90. The smallest absolute Gasteiger partial charge is 0.234 e. The van der Waals surface area contributed by atoms with E-state index in [0.717, 1.165) is 16.5 Å². The lowest BCUT2D eigenvalue weighted by Crippen LogP contribution is -2.09. The van der Waals surface area contributed by atoms with Crippen LogP contribution in [-0.4, -0.2) is 34.6 Å². The fourth-order valence-corrected chi connectivity index (χ4v) is 2.04. The molecule has 0 atom stereocenters. The Hall–Kier alpha value is -2.60. The first-order chi connectivity index (χ1) is 10.3. The molecule has 0 aliphatic carbocycles. The topological polar surface area (TPSA) is 78.1 Å². The van der Waals surface area contributed by atoms with Gasteiger partial charge in [0.05, 0.1) is 11.9 Å². The highest BCUT2D eigenvalue weighted by molar-refractivity contribution is 5.83. The molecule has 0 amide bonds. The van der Waals surface area contributed by atoms with E-state index >= 15 is 0 Å². The van der Waals surface area contributed by atoms with Gasteiger partial charge in [0.2, 0.25) is 11.7 Å². The van der Waals surface area contributed by atoms with Crippen molar-refractivity contribution >= 4 is 16.7 Å². The van der Waals surface area contributed by atoms with Crippen LogP contribution in [0.5, 0.6) is 0 Å².